The van der Waals surface area contributed by atoms with Crippen molar-refractivity contribution in [1.82, 2.24) is 5.32 Å². The molecule has 0 amide bonds. The molecule has 19 heavy (non-hydrogen) atoms. The molecule has 0 bridgehead atoms. The maximum absolute atomic E-state index is 14.0. The molecule has 1 aromatic rings. The van der Waals surface area contributed by atoms with Gasteiger partial charge >= 0.3 is 0 Å². The highest BCUT2D eigenvalue weighted by Crippen LogP contribution is 2.38. The molecule has 2 unspecified atom stereocenters. The van der Waals surface area contributed by atoms with Crippen LogP contribution in [0.1, 0.15) is 43.6 Å². The van der Waals surface area contributed by atoms with Crippen molar-refractivity contribution in [2.45, 2.75) is 38.0 Å². The molecule has 0 heterocycles. The second-order valence-corrected chi connectivity index (χ2v) is 5.33. The highest BCUT2D eigenvalue weighted by atomic mass is 19.2. The van der Waals surface area contributed by atoms with Gasteiger partial charge in [-0.2, -0.15) is 0 Å². The Morgan fingerprint density at radius 2 is 1.79 bits per heavy atom. The van der Waals surface area contributed by atoms with E-state index in [1.807, 2.05) is 7.05 Å². The van der Waals surface area contributed by atoms with Crippen LogP contribution < -0.4 is 5.32 Å². The molecule has 106 valence electrons. The zero-order chi connectivity index (χ0) is 13.8. The van der Waals surface area contributed by atoms with Gasteiger partial charge in [-0.3, -0.25) is 0 Å². The van der Waals surface area contributed by atoms with Crippen molar-refractivity contribution < 1.29 is 13.2 Å². The van der Waals surface area contributed by atoms with Crippen LogP contribution in [0.5, 0.6) is 0 Å². The summed E-state index contributed by atoms with van der Waals surface area (Å²) in [4.78, 5) is 0. The Kier molecular flexibility index (Phi) is 4.86. The van der Waals surface area contributed by atoms with E-state index < -0.39 is 17.5 Å². The van der Waals surface area contributed by atoms with Crippen molar-refractivity contribution in [3.8, 4) is 0 Å². The smallest absolute Gasteiger partial charge is 0.194 e. The third-order valence-corrected chi connectivity index (χ3v) is 4.09. The summed E-state index contributed by atoms with van der Waals surface area (Å²) >= 11 is 0. The Labute approximate surface area is 112 Å². The van der Waals surface area contributed by atoms with Crippen LogP contribution in [0.15, 0.2) is 12.1 Å². The van der Waals surface area contributed by atoms with E-state index in [9.17, 15) is 13.2 Å². The molecule has 1 fully saturated rings. The van der Waals surface area contributed by atoms with Crippen LogP contribution in [-0.4, -0.2) is 13.6 Å². The van der Waals surface area contributed by atoms with Gasteiger partial charge in [0.25, 0.3) is 0 Å². The van der Waals surface area contributed by atoms with Crippen molar-refractivity contribution in [3.05, 3.63) is 35.1 Å². The minimum atomic E-state index is -1.34. The molecule has 0 aromatic heterocycles. The highest BCUT2D eigenvalue weighted by Gasteiger charge is 2.28. The third-order valence-electron chi connectivity index (χ3n) is 4.09. The van der Waals surface area contributed by atoms with Crippen molar-refractivity contribution in [2.75, 3.05) is 13.6 Å². The Balaban J connectivity index is 2.33. The fourth-order valence-corrected chi connectivity index (χ4v) is 3.13. The van der Waals surface area contributed by atoms with E-state index in [1.165, 1.54) is 6.07 Å². The second kappa shape index (κ2) is 6.42. The van der Waals surface area contributed by atoms with Gasteiger partial charge < -0.3 is 5.32 Å². The molecule has 1 N–H and O–H groups in total. The summed E-state index contributed by atoms with van der Waals surface area (Å²) in [6, 6.07) is 2.45. The first kappa shape index (κ1) is 14.4. The first-order valence-corrected chi connectivity index (χ1v) is 6.93. The van der Waals surface area contributed by atoms with Gasteiger partial charge in [0.2, 0.25) is 0 Å². The Hall–Kier alpha value is -1.03. The lowest BCUT2D eigenvalue weighted by atomic mass is 9.82. The quantitative estimate of drug-likeness (QED) is 0.647. The molecule has 1 saturated carbocycles. The van der Waals surface area contributed by atoms with Crippen LogP contribution in [0, 0.1) is 23.4 Å². The van der Waals surface area contributed by atoms with E-state index in [0.717, 1.165) is 44.7 Å². The van der Waals surface area contributed by atoms with Crippen molar-refractivity contribution in [3.63, 3.8) is 0 Å². The Bertz CT molecular complexity index is 434. The van der Waals surface area contributed by atoms with Gasteiger partial charge in [-0.25, -0.2) is 13.2 Å². The molecule has 0 aliphatic heterocycles. The standard InChI is InChI=1S/C15H20F3N/c1-19-9-10-5-3-2-4-6-11(10)12-7-8-13(16)15(18)14(12)17/h7-8,10-11,19H,2-6,9H2,1H3. The molecule has 1 aromatic carbocycles. The van der Waals surface area contributed by atoms with Gasteiger partial charge in [0.05, 0.1) is 0 Å². The summed E-state index contributed by atoms with van der Waals surface area (Å²) in [5.74, 6) is -3.20. The van der Waals surface area contributed by atoms with Crippen LogP contribution in [0.4, 0.5) is 13.2 Å². The predicted molar refractivity (Wildman–Crippen MR) is 69.6 cm³/mol. The minimum absolute atomic E-state index is 0.0231. The average molecular weight is 271 g/mol. The van der Waals surface area contributed by atoms with E-state index in [-0.39, 0.29) is 11.8 Å². The average Bonchev–Trinajstić information content (AvgIpc) is 2.63. The second-order valence-electron chi connectivity index (χ2n) is 5.33. The van der Waals surface area contributed by atoms with Gasteiger partial charge in [0, 0.05) is 0 Å². The topological polar surface area (TPSA) is 12.0 Å². The van der Waals surface area contributed by atoms with Gasteiger partial charge in [-0.05, 0) is 49.9 Å². The van der Waals surface area contributed by atoms with Crippen molar-refractivity contribution >= 4 is 0 Å². The van der Waals surface area contributed by atoms with Crippen LogP contribution >= 0.6 is 0 Å². The predicted octanol–water partition coefficient (Wildman–Crippen LogP) is 3.99. The van der Waals surface area contributed by atoms with Crippen LogP contribution in [0.25, 0.3) is 0 Å². The number of hydrogen-bond donors (Lipinski definition) is 1. The van der Waals surface area contributed by atoms with Gasteiger partial charge in [-0.15, -0.1) is 0 Å². The van der Waals surface area contributed by atoms with E-state index in [0.29, 0.717) is 5.56 Å². The summed E-state index contributed by atoms with van der Waals surface area (Å²) in [6.45, 7) is 0.781. The van der Waals surface area contributed by atoms with Crippen LogP contribution in [0.3, 0.4) is 0 Å². The molecule has 0 radical (unpaired) electrons. The maximum Gasteiger partial charge on any atom is 0.194 e. The highest BCUT2D eigenvalue weighted by molar-refractivity contribution is 5.25. The Morgan fingerprint density at radius 1 is 1.05 bits per heavy atom. The van der Waals surface area contributed by atoms with Gasteiger partial charge in [-0.1, -0.05) is 25.3 Å². The first-order chi connectivity index (χ1) is 9.15. The lowest BCUT2D eigenvalue weighted by Crippen LogP contribution is -2.25. The van der Waals surface area contributed by atoms with Crippen molar-refractivity contribution in [1.29, 1.82) is 0 Å². The summed E-state index contributed by atoms with van der Waals surface area (Å²) in [6.07, 6.45) is 5.11. The van der Waals surface area contributed by atoms with Crippen LogP contribution in [-0.2, 0) is 0 Å². The lowest BCUT2D eigenvalue weighted by Gasteiger charge is -2.26. The lowest BCUT2D eigenvalue weighted by molar-refractivity contribution is 0.364. The molecular formula is C15H20F3N. The molecular weight excluding hydrogens is 251 g/mol. The largest absolute Gasteiger partial charge is 0.319 e. The van der Waals surface area contributed by atoms with E-state index >= 15 is 0 Å². The summed E-state index contributed by atoms with van der Waals surface area (Å²) < 4.78 is 40.4. The fourth-order valence-electron chi connectivity index (χ4n) is 3.13. The van der Waals surface area contributed by atoms with Crippen LogP contribution in [0.2, 0.25) is 0 Å². The molecule has 1 aliphatic carbocycles. The number of halogens is 3. The van der Waals surface area contributed by atoms with Gasteiger partial charge in [0.15, 0.2) is 17.5 Å². The molecule has 4 heteroatoms. The van der Waals surface area contributed by atoms with Gasteiger partial charge in [0.1, 0.15) is 0 Å². The Morgan fingerprint density at radius 3 is 2.53 bits per heavy atom. The SMILES string of the molecule is CNCC1CCCCCC1c1ccc(F)c(F)c1F. The number of hydrogen-bond acceptors (Lipinski definition) is 1. The number of benzene rings is 1. The first-order valence-electron chi connectivity index (χ1n) is 6.93. The zero-order valence-electron chi connectivity index (χ0n) is 11.2. The minimum Gasteiger partial charge on any atom is -0.319 e. The maximum atomic E-state index is 14.0. The molecule has 2 atom stereocenters. The van der Waals surface area contributed by atoms with E-state index in [4.69, 9.17) is 0 Å². The van der Waals surface area contributed by atoms with E-state index in [1.54, 1.807) is 0 Å². The summed E-state index contributed by atoms with van der Waals surface area (Å²) in [7, 11) is 1.86. The molecule has 1 aliphatic rings. The van der Waals surface area contributed by atoms with E-state index in [2.05, 4.69) is 5.32 Å². The zero-order valence-corrected chi connectivity index (χ0v) is 11.2. The third kappa shape index (κ3) is 3.11. The molecule has 1 nitrogen and oxygen atoms in total. The summed E-state index contributed by atoms with van der Waals surface area (Å²) in [5.41, 5.74) is 0.334. The fraction of sp³-hybridized carbons (Fsp3) is 0.600. The molecule has 0 saturated heterocycles. The van der Waals surface area contributed by atoms with Crippen molar-refractivity contribution in [2.24, 2.45) is 5.92 Å². The molecule has 2 rings (SSSR count). The molecule has 0 spiro atoms. The normalized spacial score (nSPS) is 24.2. The summed E-state index contributed by atoms with van der Waals surface area (Å²) in [5, 5.41) is 3.12. The monoisotopic (exact) mass is 271 g/mol. The number of nitrogens with one attached hydrogen (secondary N) is 1. The number of rotatable bonds is 3.